The van der Waals surface area contributed by atoms with E-state index in [1.165, 1.54) is 28.6 Å². The van der Waals surface area contributed by atoms with Crippen molar-refractivity contribution in [3.63, 3.8) is 0 Å². The molecule has 0 unspecified atom stereocenters. The summed E-state index contributed by atoms with van der Waals surface area (Å²) in [5, 5.41) is 13.8. The molecule has 5 aromatic rings. The van der Waals surface area contributed by atoms with Crippen LogP contribution < -0.4 is 5.32 Å². The number of aryl methyl sites for hydroxylation is 1. The first-order valence-corrected chi connectivity index (χ1v) is 13.2. The molecular formula is C26H23N5OS2. The molecule has 0 bridgehead atoms. The number of aromatic nitrogens is 4. The van der Waals surface area contributed by atoms with E-state index in [-0.39, 0.29) is 11.7 Å². The molecule has 0 radical (unpaired) electrons. The number of anilines is 1. The molecule has 1 amide bonds. The first-order chi connectivity index (χ1) is 16.7. The molecule has 34 heavy (non-hydrogen) atoms. The highest BCUT2D eigenvalue weighted by atomic mass is 32.2. The van der Waals surface area contributed by atoms with E-state index in [0.717, 1.165) is 45.5 Å². The molecule has 0 saturated heterocycles. The van der Waals surface area contributed by atoms with E-state index in [4.69, 9.17) is 4.98 Å². The Morgan fingerprint density at radius 3 is 2.85 bits per heavy atom. The predicted molar refractivity (Wildman–Crippen MR) is 139 cm³/mol. The number of thiophene rings is 1. The van der Waals surface area contributed by atoms with Crippen molar-refractivity contribution in [2.45, 2.75) is 31.3 Å². The zero-order valence-electron chi connectivity index (χ0n) is 18.7. The van der Waals surface area contributed by atoms with Crippen LogP contribution in [0.1, 0.15) is 23.8 Å². The smallest absolute Gasteiger partial charge is 0.234 e. The quantitative estimate of drug-likeness (QED) is 0.316. The fourth-order valence-electron chi connectivity index (χ4n) is 4.60. The summed E-state index contributed by atoms with van der Waals surface area (Å²) in [6.07, 6.45) is 5.16. The van der Waals surface area contributed by atoms with Gasteiger partial charge in [-0.2, -0.15) is 0 Å². The minimum Gasteiger partial charge on any atom is -0.325 e. The van der Waals surface area contributed by atoms with Crippen molar-refractivity contribution in [3.8, 4) is 11.1 Å². The van der Waals surface area contributed by atoms with Crippen LogP contribution in [0, 0.1) is 5.92 Å². The summed E-state index contributed by atoms with van der Waals surface area (Å²) < 4.78 is 1.92. The Hall–Kier alpha value is -3.23. The number of thioether (sulfide) groups is 1. The van der Waals surface area contributed by atoms with Crippen LogP contribution in [-0.4, -0.2) is 31.2 Å². The molecule has 3 aromatic heterocycles. The average molecular weight is 486 g/mol. The second kappa shape index (κ2) is 8.85. The Labute approximate surface area is 205 Å². The average Bonchev–Trinajstić information content (AvgIpc) is 3.44. The van der Waals surface area contributed by atoms with Gasteiger partial charge in [0.1, 0.15) is 11.2 Å². The molecule has 8 heteroatoms. The third-order valence-electron chi connectivity index (χ3n) is 6.29. The molecule has 3 heterocycles. The third kappa shape index (κ3) is 3.86. The standard InChI is InChI=1S/C26H23N5OS2/c1-16-11-12-19-21(13-16)34-25-23(19)24-29-30-26(31(24)15-27-25)33-14-22(32)28-20-10-6-5-9-18(20)17-7-3-2-4-8-17/h2-10,15-16H,11-14H2,1H3,(H,28,32)/t16-/m1/s1. The normalized spacial score (nSPS) is 15.5. The van der Waals surface area contributed by atoms with Gasteiger partial charge >= 0.3 is 0 Å². The van der Waals surface area contributed by atoms with Crippen LogP contribution in [-0.2, 0) is 17.6 Å². The molecule has 0 fully saturated rings. The molecule has 170 valence electrons. The van der Waals surface area contributed by atoms with Gasteiger partial charge in [-0.3, -0.25) is 9.20 Å². The number of para-hydroxylation sites is 1. The molecule has 0 saturated carbocycles. The summed E-state index contributed by atoms with van der Waals surface area (Å²) in [4.78, 5) is 20.0. The molecule has 0 spiro atoms. The van der Waals surface area contributed by atoms with Gasteiger partial charge in [0.15, 0.2) is 10.8 Å². The van der Waals surface area contributed by atoms with E-state index in [0.29, 0.717) is 11.1 Å². The van der Waals surface area contributed by atoms with E-state index < -0.39 is 0 Å². The van der Waals surface area contributed by atoms with Crippen molar-refractivity contribution >= 4 is 50.6 Å². The highest BCUT2D eigenvalue weighted by Gasteiger charge is 2.24. The number of benzene rings is 2. The van der Waals surface area contributed by atoms with Gasteiger partial charge in [0, 0.05) is 16.1 Å². The largest absolute Gasteiger partial charge is 0.325 e. The maximum absolute atomic E-state index is 12.8. The highest BCUT2D eigenvalue weighted by molar-refractivity contribution is 7.99. The van der Waals surface area contributed by atoms with E-state index in [1.807, 2.05) is 59.0 Å². The zero-order chi connectivity index (χ0) is 23.1. The van der Waals surface area contributed by atoms with Crippen molar-refractivity contribution in [2.24, 2.45) is 5.92 Å². The number of carbonyl (C=O) groups is 1. The van der Waals surface area contributed by atoms with Crippen molar-refractivity contribution in [1.29, 1.82) is 0 Å². The molecule has 6 rings (SSSR count). The van der Waals surface area contributed by atoms with E-state index >= 15 is 0 Å². The fourth-order valence-corrected chi connectivity index (χ4v) is 6.64. The van der Waals surface area contributed by atoms with Crippen molar-refractivity contribution in [2.75, 3.05) is 11.1 Å². The lowest BCUT2D eigenvalue weighted by Crippen LogP contribution is -2.15. The minimum atomic E-state index is -0.0823. The summed E-state index contributed by atoms with van der Waals surface area (Å²) in [5.41, 5.74) is 5.09. The Kier molecular flexibility index (Phi) is 5.55. The topological polar surface area (TPSA) is 72.2 Å². The molecular weight excluding hydrogens is 462 g/mol. The predicted octanol–water partition coefficient (Wildman–Crippen LogP) is 5.86. The van der Waals surface area contributed by atoms with Crippen molar-refractivity contribution in [1.82, 2.24) is 19.6 Å². The van der Waals surface area contributed by atoms with Gasteiger partial charge in [0.25, 0.3) is 0 Å². The lowest BCUT2D eigenvalue weighted by atomic mass is 9.89. The lowest BCUT2D eigenvalue weighted by molar-refractivity contribution is -0.113. The molecule has 6 nitrogen and oxygen atoms in total. The number of carbonyl (C=O) groups excluding carboxylic acids is 1. The number of hydrogen-bond acceptors (Lipinski definition) is 6. The van der Waals surface area contributed by atoms with Gasteiger partial charge in [-0.25, -0.2) is 4.98 Å². The molecule has 1 atom stereocenters. The van der Waals surface area contributed by atoms with Gasteiger partial charge in [0.2, 0.25) is 5.91 Å². The second-order valence-electron chi connectivity index (χ2n) is 8.70. The van der Waals surface area contributed by atoms with Crippen molar-refractivity contribution < 1.29 is 4.79 Å². The first-order valence-electron chi connectivity index (χ1n) is 11.4. The van der Waals surface area contributed by atoms with Crippen LogP contribution in [0.5, 0.6) is 0 Å². The number of hydrogen-bond donors (Lipinski definition) is 1. The van der Waals surface area contributed by atoms with Crippen LogP contribution in [0.25, 0.3) is 27.0 Å². The number of rotatable bonds is 5. The molecule has 1 aliphatic rings. The van der Waals surface area contributed by atoms with E-state index in [2.05, 4.69) is 22.4 Å². The van der Waals surface area contributed by atoms with Crippen LogP contribution in [0.4, 0.5) is 5.69 Å². The highest BCUT2D eigenvalue weighted by Crippen LogP contribution is 2.39. The monoisotopic (exact) mass is 485 g/mol. The van der Waals surface area contributed by atoms with Crippen LogP contribution in [0.2, 0.25) is 0 Å². The van der Waals surface area contributed by atoms with E-state index in [9.17, 15) is 4.79 Å². The molecule has 1 aliphatic carbocycles. The van der Waals surface area contributed by atoms with Gasteiger partial charge in [-0.05, 0) is 42.4 Å². The molecule has 2 aromatic carbocycles. The van der Waals surface area contributed by atoms with Crippen molar-refractivity contribution in [3.05, 3.63) is 71.4 Å². The van der Waals surface area contributed by atoms with Crippen LogP contribution >= 0.6 is 23.1 Å². The summed E-state index contributed by atoms with van der Waals surface area (Å²) >= 11 is 3.16. The SMILES string of the molecule is C[C@@H]1CCc2c(sc3ncn4c(SCC(=O)Nc5ccccc5-c5ccccc5)nnc4c23)C1. The number of fused-ring (bicyclic) bond motifs is 5. The van der Waals surface area contributed by atoms with Crippen LogP contribution in [0.3, 0.4) is 0 Å². The molecule has 1 N–H and O–H groups in total. The van der Waals surface area contributed by atoms with Gasteiger partial charge in [-0.1, -0.05) is 67.2 Å². The first kappa shape index (κ1) is 21.3. The van der Waals surface area contributed by atoms with E-state index in [1.54, 1.807) is 17.7 Å². The fraction of sp³-hybridized carbons (Fsp3) is 0.231. The Balaban J connectivity index is 1.22. The zero-order valence-corrected chi connectivity index (χ0v) is 20.3. The van der Waals surface area contributed by atoms with Gasteiger partial charge < -0.3 is 5.32 Å². The summed E-state index contributed by atoms with van der Waals surface area (Å²) in [7, 11) is 0. The third-order valence-corrected chi connectivity index (χ3v) is 8.40. The molecule has 0 aliphatic heterocycles. The van der Waals surface area contributed by atoms with Gasteiger partial charge in [0.05, 0.1) is 11.1 Å². The Morgan fingerprint density at radius 2 is 1.97 bits per heavy atom. The van der Waals surface area contributed by atoms with Gasteiger partial charge in [-0.15, -0.1) is 21.5 Å². The lowest BCUT2D eigenvalue weighted by Gasteiger charge is -2.17. The maximum atomic E-state index is 12.8. The maximum Gasteiger partial charge on any atom is 0.234 e. The second-order valence-corrected chi connectivity index (χ2v) is 10.7. The Morgan fingerprint density at radius 1 is 1.15 bits per heavy atom. The van der Waals surface area contributed by atoms with Crippen LogP contribution in [0.15, 0.2) is 66.1 Å². The summed E-state index contributed by atoms with van der Waals surface area (Å²) in [5.74, 6) is 0.869. The number of nitrogens with zero attached hydrogens (tertiary/aromatic N) is 4. The number of nitrogens with one attached hydrogen (secondary N) is 1. The summed E-state index contributed by atoms with van der Waals surface area (Å²) in [6, 6.07) is 17.9. The minimum absolute atomic E-state index is 0.0823. The summed E-state index contributed by atoms with van der Waals surface area (Å²) in [6.45, 7) is 2.31. The number of amides is 1. The Bertz CT molecular complexity index is 1510.